The van der Waals surface area contributed by atoms with Crippen LogP contribution in [-0.2, 0) is 17.9 Å². The third kappa shape index (κ3) is 10.3. The number of ether oxygens (including phenoxy) is 1. The van der Waals surface area contributed by atoms with Crippen LogP contribution in [0.15, 0.2) is 59.1 Å². The van der Waals surface area contributed by atoms with Crippen molar-refractivity contribution < 1.29 is 27.9 Å². The molecule has 1 fully saturated rings. The number of aliphatic hydroxyl groups excluding tert-OH is 1. The molecule has 0 bridgehead atoms. The summed E-state index contributed by atoms with van der Waals surface area (Å²) in [5.41, 5.74) is 3.42. The van der Waals surface area contributed by atoms with Crippen LogP contribution in [0.2, 0.25) is 0 Å². The van der Waals surface area contributed by atoms with Gasteiger partial charge in [-0.25, -0.2) is 4.39 Å². The molecule has 0 radical (unpaired) electrons. The second-order valence-electron chi connectivity index (χ2n) is 7.73. The summed E-state index contributed by atoms with van der Waals surface area (Å²) in [7, 11) is 0.500. The van der Waals surface area contributed by atoms with E-state index in [0.717, 1.165) is 35.9 Å². The van der Waals surface area contributed by atoms with Crippen molar-refractivity contribution in [1.29, 1.82) is 0 Å². The zero-order valence-electron chi connectivity index (χ0n) is 22.0. The number of benzene rings is 2. The van der Waals surface area contributed by atoms with Gasteiger partial charge in [0.2, 0.25) is 0 Å². The van der Waals surface area contributed by atoms with Crippen LogP contribution in [0.4, 0.5) is 8.78 Å². The highest BCUT2D eigenvalue weighted by Crippen LogP contribution is 2.24. The predicted octanol–water partition coefficient (Wildman–Crippen LogP) is 6.29. The number of nitrogens with zero attached hydrogens (tertiary/aromatic N) is 2. The van der Waals surface area contributed by atoms with E-state index in [0.29, 0.717) is 24.2 Å². The molecular weight excluding hydrogens is 498 g/mol. The van der Waals surface area contributed by atoms with E-state index in [1.165, 1.54) is 12.5 Å². The third-order valence-corrected chi connectivity index (χ3v) is 6.57. The normalized spacial score (nSPS) is 15.6. The maximum atomic E-state index is 13.3. The Morgan fingerprint density at radius 2 is 1.81 bits per heavy atom. The fourth-order valence-electron chi connectivity index (χ4n) is 3.58. The monoisotopic (exact) mass is 536 g/mol. The number of halogens is 2. The highest BCUT2D eigenvalue weighted by molar-refractivity contribution is 7.99. The highest BCUT2D eigenvalue weighted by atomic mass is 32.2. The molecule has 1 N–H and O–H groups in total. The van der Waals surface area contributed by atoms with E-state index >= 15 is 0 Å². The maximum Gasteiger partial charge on any atom is 0.174 e. The summed E-state index contributed by atoms with van der Waals surface area (Å²) in [5.74, 6) is 3.47. The van der Waals surface area contributed by atoms with Gasteiger partial charge in [-0.1, -0.05) is 55.4 Å². The van der Waals surface area contributed by atoms with Crippen LogP contribution >= 0.6 is 11.8 Å². The minimum atomic E-state index is -0.989. The molecule has 37 heavy (non-hydrogen) atoms. The molecule has 0 saturated carbocycles. The van der Waals surface area contributed by atoms with Crippen molar-refractivity contribution in [3.05, 3.63) is 71.5 Å². The van der Waals surface area contributed by atoms with Crippen molar-refractivity contribution in [3.8, 4) is 17.0 Å². The molecule has 1 unspecified atom stereocenters. The average Bonchev–Trinajstić information content (AvgIpc) is 3.45. The lowest BCUT2D eigenvalue weighted by atomic mass is 10.1. The van der Waals surface area contributed by atoms with Crippen LogP contribution in [0, 0.1) is 0 Å². The number of aromatic nitrogens is 1. The number of hydrogen-bond donors (Lipinski definition) is 1. The molecule has 1 saturated heterocycles. The molecule has 0 spiro atoms. The zero-order valence-corrected chi connectivity index (χ0v) is 22.8. The van der Waals surface area contributed by atoms with E-state index < -0.39 is 6.17 Å². The number of aliphatic hydroxyl groups is 1. The Morgan fingerprint density at radius 3 is 2.41 bits per heavy atom. The second-order valence-corrected chi connectivity index (χ2v) is 8.88. The molecule has 6 nitrogen and oxygen atoms in total. The average molecular weight is 537 g/mol. The van der Waals surface area contributed by atoms with E-state index in [-0.39, 0.29) is 19.3 Å². The number of carbonyl (C=O) groups is 1. The van der Waals surface area contributed by atoms with Gasteiger partial charge in [0.05, 0.1) is 13.8 Å². The Kier molecular flexibility index (Phi) is 16.1. The van der Waals surface area contributed by atoms with E-state index in [1.807, 2.05) is 62.7 Å². The summed E-state index contributed by atoms with van der Waals surface area (Å²) in [6, 6.07) is 17.3. The van der Waals surface area contributed by atoms with Gasteiger partial charge in [0, 0.05) is 42.3 Å². The first-order chi connectivity index (χ1) is 18.1. The van der Waals surface area contributed by atoms with Gasteiger partial charge in [-0.2, -0.15) is 11.8 Å². The third-order valence-electron chi connectivity index (χ3n) is 5.48. The van der Waals surface area contributed by atoms with Crippen molar-refractivity contribution >= 4 is 18.6 Å². The van der Waals surface area contributed by atoms with Gasteiger partial charge in [0.15, 0.2) is 5.76 Å². The fourth-order valence-corrected chi connectivity index (χ4v) is 4.70. The Hall–Kier alpha value is -2.75. The molecule has 9 heteroatoms. The second kappa shape index (κ2) is 18.5. The van der Waals surface area contributed by atoms with Crippen molar-refractivity contribution in [1.82, 2.24) is 10.1 Å². The lowest BCUT2D eigenvalue weighted by molar-refractivity contribution is -0.0980. The lowest BCUT2D eigenvalue weighted by Gasteiger charge is -2.34. The number of rotatable bonds is 8. The Balaban J connectivity index is 0.00000106. The van der Waals surface area contributed by atoms with Gasteiger partial charge in [-0.3, -0.25) is 9.29 Å². The van der Waals surface area contributed by atoms with Crippen LogP contribution in [0.1, 0.15) is 43.8 Å². The molecule has 204 valence electrons. The molecule has 1 aliphatic rings. The molecule has 3 aromatic rings. The number of thioether (sulfide) groups is 1. The molecule has 2 heterocycles. The maximum absolute atomic E-state index is 13.3. The van der Waals surface area contributed by atoms with Crippen molar-refractivity contribution in [2.45, 2.75) is 46.1 Å². The summed E-state index contributed by atoms with van der Waals surface area (Å²) >= 11 is 1.90. The van der Waals surface area contributed by atoms with Crippen LogP contribution in [-0.4, -0.2) is 59.8 Å². The molecular formula is C28H38F2N2O4S. The van der Waals surface area contributed by atoms with Gasteiger partial charge < -0.3 is 19.2 Å². The van der Waals surface area contributed by atoms with Crippen molar-refractivity contribution in [2.24, 2.45) is 0 Å². The van der Waals surface area contributed by atoms with E-state index in [4.69, 9.17) is 14.1 Å². The summed E-state index contributed by atoms with van der Waals surface area (Å²) < 4.78 is 34.1. The van der Waals surface area contributed by atoms with Crippen LogP contribution in [0.25, 0.3) is 11.3 Å². The topological polar surface area (TPSA) is 75.8 Å². The number of alkyl halides is 2. The van der Waals surface area contributed by atoms with Gasteiger partial charge in [-0.05, 0) is 30.2 Å². The van der Waals surface area contributed by atoms with E-state index in [9.17, 15) is 13.9 Å². The molecule has 1 aromatic heterocycles. The first-order valence-electron chi connectivity index (χ1n) is 12.1. The Labute approximate surface area is 223 Å². The smallest absolute Gasteiger partial charge is 0.174 e. The zero-order chi connectivity index (χ0) is 27.6. The first kappa shape index (κ1) is 32.3. The lowest BCUT2D eigenvalue weighted by Crippen LogP contribution is -2.43. The number of hydrogen-bond acceptors (Lipinski definition) is 7. The minimum absolute atomic E-state index is 0.201. The van der Waals surface area contributed by atoms with Crippen LogP contribution in [0.5, 0.6) is 5.75 Å². The minimum Gasteiger partial charge on any atom is -0.486 e. The van der Waals surface area contributed by atoms with Gasteiger partial charge in [0.25, 0.3) is 0 Å². The summed E-state index contributed by atoms with van der Waals surface area (Å²) in [6.07, 6.45) is -0.989. The van der Waals surface area contributed by atoms with Gasteiger partial charge >= 0.3 is 0 Å². The van der Waals surface area contributed by atoms with E-state index in [1.54, 1.807) is 12.1 Å². The quantitative estimate of drug-likeness (QED) is 0.363. The summed E-state index contributed by atoms with van der Waals surface area (Å²) in [5, 5.41) is 13.7. The van der Waals surface area contributed by atoms with Crippen LogP contribution < -0.4 is 4.74 Å². The predicted molar refractivity (Wildman–Crippen MR) is 146 cm³/mol. The van der Waals surface area contributed by atoms with Gasteiger partial charge in [0.1, 0.15) is 31.0 Å². The molecule has 2 aromatic carbocycles. The summed E-state index contributed by atoms with van der Waals surface area (Å²) in [4.78, 5) is 10.3. The molecule has 0 amide bonds. The SMILES string of the molecule is C=O.CC.CC(F)c1ccc(-c2cc(COc3ccc(CN4CCSC[C@H]4CO)cc3)on2)cc1.CF. The Bertz CT molecular complexity index is 985. The molecule has 2 atom stereocenters. The molecule has 0 aliphatic carbocycles. The highest BCUT2D eigenvalue weighted by Gasteiger charge is 2.21. The summed E-state index contributed by atoms with van der Waals surface area (Å²) in [6.45, 7) is 9.83. The fraction of sp³-hybridized carbons (Fsp3) is 0.429. The molecule has 1 aliphatic heterocycles. The first-order valence-corrected chi connectivity index (χ1v) is 13.3. The molecule has 4 rings (SSSR count). The number of carbonyl (C=O) groups excluding carboxylic acids is 1. The van der Waals surface area contributed by atoms with E-state index in [2.05, 4.69) is 22.2 Å². The van der Waals surface area contributed by atoms with Gasteiger partial charge in [-0.15, -0.1) is 0 Å². The largest absolute Gasteiger partial charge is 0.486 e. The standard InChI is InChI=1S/C24H27FN2O3S.C2H6.CH3F.CH2O/c1-17(25)19-4-6-20(7-5-19)24-12-23(30-26-24)15-29-22-8-2-18(3-9-22)13-27-10-11-31-16-21(27)14-28;3*1-2/h2-9,12,17,21,28H,10-11,13-16H2,1H3;1-2H3;1H3;1H2/t17?,21-;;;/m1.../s1. The van der Waals surface area contributed by atoms with Crippen molar-refractivity contribution in [2.75, 3.05) is 31.8 Å². The Morgan fingerprint density at radius 1 is 1.16 bits per heavy atom. The van der Waals surface area contributed by atoms with Crippen LogP contribution in [0.3, 0.4) is 0 Å². The van der Waals surface area contributed by atoms with Crippen molar-refractivity contribution in [3.63, 3.8) is 0 Å².